The second-order valence-corrected chi connectivity index (χ2v) is 6.60. The first-order chi connectivity index (χ1) is 11.4. The third kappa shape index (κ3) is 2.07. The molecule has 2 unspecified atom stereocenters. The summed E-state index contributed by atoms with van der Waals surface area (Å²) in [6, 6.07) is 17.5. The fourth-order valence-corrected chi connectivity index (χ4v) is 4.18. The zero-order valence-electron chi connectivity index (χ0n) is 13.0. The molecule has 2 aromatic carbocycles. The highest BCUT2D eigenvalue weighted by molar-refractivity contribution is 5.85. The van der Waals surface area contributed by atoms with Crippen molar-refractivity contribution < 1.29 is 4.42 Å². The molecule has 1 saturated heterocycles. The van der Waals surface area contributed by atoms with Gasteiger partial charge in [0.05, 0.1) is 0 Å². The summed E-state index contributed by atoms with van der Waals surface area (Å²) < 4.78 is 6.15. The van der Waals surface area contributed by atoms with Crippen LogP contribution >= 0.6 is 0 Å². The molecule has 0 spiro atoms. The van der Waals surface area contributed by atoms with E-state index in [-0.39, 0.29) is 0 Å². The molecule has 0 bridgehead atoms. The van der Waals surface area contributed by atoms with Crippen LogP contribution in [0.25, 0.3) is 22.3 Å². The van der Waals surface area contributed by atoms with E-state index in [0.29, 0.717) is 12.0 Å². The van der Waals surface area contributed by atoms with Crippen molar-refractivity contribution in [2.75, 3.05) is 18.4 Å². The lowest BCUT2D eigenvalue weighted by atomic mass is 9.87. The van der Waals surface area contributed by atoms with Crippen molar-refractivity contribution in [3.05, 3.63) is 54.1 Å². The highest BCUT2D eigenvalue weighted by Crippen LogP contribution is 2.46. The maximum atomic E-state index is 6.15. The zero-order valence-corrected chi connectivity index (χ0v) is 13.0. The summed E-state index contributed by atoms with van der Waals surface area (Å²) >= 11 is 0. The van der Waals surface area contributed by atoms with E-state index in [9.17, 15) is 0 Å². The molecule has 2 aliphatic rings. The number of hydrogen-bond acceptors (Lipinski definition) is 3. The Morgan fingerprint density at radius 1 is 0.957 bits per heavy atom. The Kier molecular flexibility index (Phi) is 2.95. The molecule has 0 saturated carbocycles. The van der Waals surface area contributed by atoms with Crippen molar-refractivity contribution in [2.24, 2.45) is 0 Å². The first-order valence-corrected chi connectivity index (χ1v) is 8.49. The highest BCUT2D eigenvalue weighted by Gasteiger charge is 2.35. The second-order valence-electron chi connectivity index (χ2n) is 6.60. The second kappa shape index (κ2) is 5.14. The van der Waals surface area contributed by atoms with Crippen LogP contribution in [-0.4, -0.2) is 19.1 Å². The average molecular weight is 304 g/mol. The zero-order chi connectivity index (χ0) is 15.2. The molecule has 2 atom stereocenters. The Labute approximate surface area is 135 Å². The number of hydrogen-bond donors (Lipinski definition) is 2. The van der Waals surface area contributed by atoms with Gasteiger partial charge in [-0.3, -0.25) is 0 Å². The van der Waals surface area contributed by atoms with Crippen molar-refractivity contribution in [3.63, 3.8) is 0 Å². The summed E-state index contributed by atoms with van der Waals surface area (Å²) in [5.41, 5.74) is 4.95. The number of para-hydroxylation sites is 1. The van der Waals surface area contributed by atoms with Gasteiger partial charge in [0.25, 0.3) is 0 Å². The minimum Gasteiger partial charge on any atom is -0.456 e. The summed E-state index contributed by atoms with van der Waals surface area (Å²) in [6.07, 6.45) is 2.36. The number of rotatable bonds is 1. The quantitative estimate of drug-likeness (QED) is 0.701. The van der Waals surface area contributed by atoms with Crippen LogP contribution in [0.2, 0.25) is 0 Å². The molecule has 3 nitrogen and oxygen atoms in total. The van der Waals surface area contributed by atoms with E-state index < -0.39 is 0 Å². The Morgan fingerprint density at radius 3 is 2.83 bits per heavy atom. The minimum atomic E-state index is 0.547. The van der Waals surface area contributed by atoms with E-state index in [1.165, 1.54) is 35.0 Å². The fraction of sp³-hybridized carbons (Fsp3) is 0.300. The van der Waals surface area contributed by atoms with Crippen LogP contribution in [0, 0.1) is 0 Å². The van der Waals surface area contributed by atoms with Crippen molar-refractivity contribution >= 4 is 16.7 Å². The Morgan fingerprint density at radius 2 is 1.87 bits per heavy atom. The lowest BCUT2D eigenvalue weighted by Gasteiger charge is -2.17. The van der Waals surface area contributed by atoms with E-state index in [1.807, 2.05) is 12.1 Å². The summed E-state index contributed by atoms with van der Waals surface area (Å²) in [5, 5.41) is 8.43. The Bertz CT molecular complexity index is 834. The van der Waals surface area contributed by atoms with E-state index in [4.69, 9.17) is 4.42 Å². The molecule has 1 aromatic heterocycles. The molecule has 116 valence electrons. The fourth-order valence-electron chi connectivity index (χ4n) is 4.18. The topological polar surface area (TPSA) is 37.2 Å². The molecule has 2 aliphatic heterocycles. The number of benzene rings is 2. The van der Waals surface area contributed by atoms with Gasteiger partial charge in [0.2, 0.25) is 0 Å². The van der Waals surface area contributed by atoms with Gasteiger partial charge in [0, 0.05) is 28.6 Å². The maximum absolute atomic E-state index is 6.15. The number of nitrogens with one attached hydrogen (secondary N) is 2. The van der Waals surface area contributed by atoms with Crippen LogP contribution in [0.5, 0.6) is 0 Å². The lowest BCUT2D eigenvalue weighted by Crippen LogP contribution is -2.21. The molecule has 3 heterocycles. The molecule has 2 N–H and O–H groups in total. The predicted molar refractivity (Wildman–Crippen MR) is 93.9 cm³/mol. The molecule has 0 radical (unpaired) electrons. The van der Waals surface area contributed by atoms with Gasteiger partial charge in [-0.2, -0.15) is 0 Å². The molecular formula is C20H20N2O. The average Bonchev–Trinajstić information content (AvgIpc) is 3.09. The summed E-state index contributed by atoms with van der Waals surface area (Å²) in [6.45, 7) is 2.19. The van der Waals surface area contributed by atoms with Gasteiger partial charge in [-0.25, -0.2) is 0 Å². The highest BCUT2D eigenvalue weighted by atomic mass is 16.3. The third-order valence-corrected chi connectivity index (χ3v) is 5.26. The number of fused-ring (bicyclic) bond motifs is 4. The van der Waals surface area contributed by atoms with Crippen molar-refractivity contribution in [3.8, 4) is 11.3 Å². The Balaban J connectivity index is 1.66. The molecule has 1 fully saturated rings. The summed E-state index contributed by atoms with van der Waals surface area (Å²) in [4.78, 5) is 0. The first-order valence-electron chi connectivity index (χ1n) is 8.49. The normalized spacial score (nSPS) is 23.1. The molecule has 3 aromatic rings. The van der Waals surface area contributed by atoms with E-state index in [1.54, 1.807) is 0 Å². The summed E-state index contributed by atoms with van der Waals surface area (Å²) in [5.74, 6) is 1.56. The monoisotopic (exact) mass is 304 g/mol. The molecule has 3 heteroatoms. The molecule has 0 amide bonds. The Hall–Kier alpha value is -2.26. The largest absolute Gasteiger partial charge is 0.456 e. The lowest BCUT2D eigenvalue weighted by molar-refractivity contribution is 0.576. The van der Waals surface area contributed by atoms with Crippen LogP contribution < -0.4 is 10.6 Å². The molecule has 0 aliphatic carbocycles. The van der Waals surface area contributed by atoms with Crippen LogP contribution in [0.15, 0.2) is 52.9 Å². The van der Waals surface area contributed by atoms with E-state index in [0.717, 1.165) is 24.4 Å². The van der Waals surface area contributed by atoms with Crippen molar-refractivity contribution in [1.82, 2.24) is 5.32 Å². The van der Waals surface area contributed by atoms with Gasteiger partial charge in [-0.15, -0.1) is 0 Å². The number of furan rings is 1. The van der Waals surface area contributed by atoms with Gasteiger partial charge in [0.15, 0.2) is 0 Å². The smallest absolute Gasteiger partial charge is 0.135 e. The van der Waals surface area contributed by atoms with Crippen molar-refractivity contribution in [2.45, 2.75) is 24.8 Å². The predicted octanol–water partition coefficient (Wildman–Crippen LogP) is 4.36. The third-order valence-electron chi connectivity index (χ3n) is 5.26. The standard InChI is InChI=1S/C20H20N2O/c1-2-7-18-13(4-1)12-19(23-18)15-5-3-6-17-20(15)14-8-10-21-11-9-16(14)22-17/h1-7,12,14,16,21-22H,8-11H2. The van der Waals surface area contributed by atoms with Crippen LogP contribution in [0.3, 0.4) is 0 Å². The van der Waals surface area contributed by atoms with Gasteiger partial charge < -0.3 is 15.1 Å². The van der Waals surface area contributed by atoms with Gasteiger partial charge in [-0.1, -0.05) is 30.3 Å². The van der Waals surface area contributed by atoms with E-state index in [2.05, 4.69) is 47.0 Å². The van der Waals surface area contributed by atoms with Crippen LogP contribution in [-0.2, 0) is 0 Å². The van der Waals surface area contributed by atoms with Gasteiger partial charge in [-0.05, 0) is 49.7 Å². The number of anilines is 1. The van der Waals surface area contributed by atoms with Crippen LogP contribution in [0.1, 0.15) is 24.3 Å². The van der Waals surface area contributed by atoms with Crippen LogP contribution in [0.4, 0.5) is 5.69 Å². The van der Waals surface area contributed by atoms with E-state index >= 15 is 0 Å². The molecular weight excluding hydrogens is 284 g/mol. The minimum absolute atomic E-state index is 0.547. The van der Waals surface area contributed by atoms with Gasteiger partial charge in [0.1, 0.15) is 11.3 Å². The molecule has 23 heavy (non-hydrogen) atoms. The molecule has 5 rings (SSSR count). The van der Waals surface area contributed by atoms with Crippen molar-refractivity contribution in [1.29, 1.82) is 0 Å². The SMILES string of the molecule is c1cc2c(c(-c3cc4ccccc4o3)c1)C1CCNCCC1N2. The first kappa shape index (κ1) is 13.2. The van der Waals surface area contributed by atoms with Gasteiger partial charge >= 0.3 is 0 Å². The summed E-state index contributed by atoms with van der Waals surface area (Å²) in [7, 11) is 0. The maximum Gasteiger partial charge on any atom is 0.135 e.